The SMILES string of the molecule is CC1CCC2(C1)CN(CCS(C)(=O)=O)C2. The first-order valence-electron chi connectivity index (χ1n) is 5.79. The number of hydrogen-bond donors (Lipinski definition) is 0. The summed E-state index contributed by atoms with van der Waals surface area (Å²) in [7, 11) is -2.78. The standard InChI is InChI=1S/C11H21NO2S/c1-10-3-4-11(7-10)8-12(9-11)5-6-15(2,13)14/h10H,3-9H2,1-2H3. The summed E-state index contributed by atoms with van der Waals surface area (Å²) in [5, 5.41) is 0. The molecule has 15 heavy (non-hydrogen) atoms. The van der Waals surface area contributed by atoms with Crippen molar-refractivity contribution in [3.8, 4) is 0 Å². The van der Waals surface area contributed by atoms with E-state index in [1.165, 1.54) is 25.5 Å². The van der Waals surface area contributed by atoms with Gasteiger partial charge in [-0.2, -0.15) is 0 Å². The van der Waals surface area contributed by atoms with Crippen LogP contribution in [0.25, 0.3) is 0 Å². The van der Waals surface area contributed by atoms with Crippen LogP contribution >= 0.6 is 0 Å². The maximum atomic E-state index is 11.0. The first-order valence-corrected chi connectivity index (χ1v) is 7.85. The van der Waals surface area contributed by atoms with Crippen molar-refractivity contribution in [2.45, 2.75) is 26.2 Å². The van der Waals surface area contributed by atoms with Gasteiger partial charge in [-0.3, -0.25) is 0 Å². The molecule has 1 aliphatic heterocycles. The molecule has 0 radical (unpaired) electrons. The molecular weight excluding hydrogens is 210 g/mol. The summed E-state index contributed by atoms with van der Waals surface area (Å²) in [6, 6.07) is 0. The van der Waals surface area contributed by atoms with Crippen LogP contribution < -0.4 is 0 Å². The Bertz CT molecular complexity index is 330. The van der Waals surface area contributed by atoms with Gasteiger partial charge in [-0.15, -0.1) is 0 Å². The lowest BCUT2D eigenvalue weighted by atomic mass is 9.78. The molecule has 88 valence electrons. The molecule has 1 saturated heterocycles. The van der Waals surface area contributed by atoms with Crippen LogP contribution in [0.1, 0.15) is 26.2 Å². The van der Waals surface area contributed by atoms with Gasteiger partial charge in [0.15, 0.2) is 0 Å². The molecule has 2 aliphatic rings. The Kier molecular flexibility index (Phi) is 2.84. The second kappa shape index (κ2) is 3.74. The minimum atomic E-state index is -2.78. The molecule has 1 aliphatic carbocycles. The highest BCUT2D eigenvalue weighted by atomic mass is 32.2. The highest BCUT2D eigenvalue weighted by molar-refractivity contribution is 7.90. The van der Waals surface area contributed by atoms with E-state index in [1.54, 1.807) is 0 Å². The summed E-state index contributed by atoms with van der Waals surface area (Å²) in [5.41, 5.74) is 0.566. The van der Waals surface area contributed by atoms with Crippen molar-refractivity contribution < 1.29 is 8.42 Å². The van der Waals surface area contributed by atoms with E-state index in [4.69, 9.17) is 0 Å². The molecule has 1 atom stereocenters. The Morgan fingerprint density at radius 1 is 1.40 bits per heavy atom. The fourth-order valence-electron chi connectivity index (χ4n) is 3.14. The molecule has 0 bridgehead atoms. The summed E-state index contributed by atoms with van der Waals surface area (Å²) >= 11 is 0. The zero-order valence-corrected chi connectivity index (χ0v) is 10.5. The van der Waals surface area contributed by atoms with Gasteiger partial charge in [0.1, 0.15) is 9.84 Å². The lowest BCUT2D eigenvalue weighted by Gasteiger charge is -2.48. The molecule has 0 amide bonds. The third-order valence-electron chi connectivity index (χ3n) is 3.85. The fourth-order valence-corrected chi connectivity index (χ4v) is 3.73. The van der Waals surface area contributed by atoms with Crippen molar-refractivity contribution in [3.63, 3.8) is 0 Å². The average Bonchev–Trinajstić information content (AvgIpc) is 2.40. The van der Waals surface area contributed by atoms with E-state index in [0.29, 0.717) is 11.2 Å². The van der Waals surface area contributed by atoms with Crippen molar-refractivity contribution >= 4 is 9.84 Å². The zero-order chi connectivity index (χ0) is 11.1. The van der Waals surface area contributed by atoms with Gasteiger partial charge in [-0.05, 0) is 24.2 Å². The van der Waals surface area contributed by atoms with Gasteiger partial charge >= 0.3 is 0 Å². The molecule has 4 heteroatoms. The second-order valence-corrected chi connectivity index (χ2v) is 7.95. The van der Waals surface area contributed by atoms with Crippen LogP contribution in [-0.4, -0.2) is 45.0 Å². The van der Waals surface area contributed by atoms with Crippen LogP contribution in [0.4, 0.5) is 0 Å². The van der Waals surface area contributed by atoms with E-state index in [0.717, 1.165) is 25.6 Å². The van der Waals surface area contributed by atoms with Gasteiger partial charge in [-0.1, -0.05) is 13.3 Å². The molecule has 1 unspecified atom stereocenters. The van der Waals surface area contributed by atoms with Crippen molar-refractivity contribution in [1.82, 2.24) is 4.90 Å². The Hall–Kier alpha value is -0.0900. The van der Waals surface area contributed by atoms with Gasteiger partial charge < -0.3 is 4.90 Å². The lowest BCUT2D eigenvalue weighted by molar-refractivity contribution is 0.00860. The summed E-state index contributed by atoms with van der Waals surface area (Å²) in [4.78, 5) is 2.29. The molecule has 0 N–H and O–H groups in total. The van der Waals surface area contributed by atoms with Crippen LogP contribution in [0, 0.1) is 11.3 Å². The molecule has 0 aromatic carbocycles. The predicted octanol–water partition coefficient (Wildman–Crippen LogP) is 1.15. The highest BCUT2D eigenvalue weighted by Gasteiger charge is 2.46. The monoisotopic (exact) mass is 231 g/mol. The van der Waals surface area contributed by atoms with Crippen LogP contribution in [0.15, 0.2) is 0 Å². The maximum absolute atomic E-state index is 11.0. The number of likely N-dealkylation sites (tertiary alicyclic amines) is 1. The zero-order valence-electron chi connectivity index (χ0n) is 9.70. The molecular formula is C11H21NO2S. The largest absolute Gasteiger partial charge is 0.301 e. The smallest absolute Gasteiger partial charge is 0.148 e. The molecule has 2 rings (SSSR count). The Morgan fingerprint density at radius 3 is 2.53 bits per heavy atom. The molecule has 0 aromatic rings. The lowest BCUT2D eigenvalue weighted by Crippen LogP contribution is -2.55. The Morgan fingerprint density at radius 2 is 2.07 bits per heavy atom. The topological polar surface area (TPSA) is 37.4 Å². The van der Waals surface area contributed by atoms with Gasteiger partial charge in [0.25, 0.3) is 0 Å². The van der Waals surface area contributed by atoms with Gasteiger partial charge in [0, 0.05) is 25.9 Å². The summed E-state index contributed by atoms with van der Waals surface area (Å²) in [5.74, 6) is 1.19. The number of rotatable bonds is 3. The van der Waals surface area contributed by atoms with Gasteiger partial charge in [-0.25, -0.2) is 8.42 Å². The highest BCUT2D eigenvalue weighted by Crippen LogP contribution is 2.47. The molecule has 2 fully saturated rings. The van der Waals surface area contributed by atoms with Gasteiger partial charge in [0.05, 0.1) is 5.75 Å². The second-order valence-electron chi connectivity index (χ2n) is 5.69. The molecule has 3 nitrogen and oxygen atoms in total. The normalized spacial score (nSPS) is 30.7. The number of hydrogen-bond acceptors (Lipinski definition) is 3. The number of nitrogens with zero attached hydrogens (tertiary/aromatic N) is 1. The van der Waals surface area contributed by atoms with Crippen LogP contribution in [0.5, 0.6) is 0 Å². The quantitative estimate of drug-likeness (QED) is 0.731. The Labute approximate surface area is 92.8 Å². The Balaban J connectivity index is 1.74. The molecule has 1 spiro atoms. The minimum Gasteiger partial charge on any atom is -0.301 e. The minimum absolute atomic E-state index is 0.318. The summed E-state index contributed by atoms with van der Waals surface area (Å²) in [6.45, 7) is 5.32. The van der Waals surface area contributed by atoms with E-state index in [-0.39, 0.29) is 0 Å². The van der Waals surface area contributed by atoms with E-state index in [2.05, 4.69) is 11.8 Å². The predicted molar refractivity (Wildman–Crippen MR) is 61.6 cm³/mol. The first kappa shape index (κ1) is 11.4. The van der Waals surface area contributed by atoms with E-state index in [1.807, 2.05) is 0 Å². The van der Waals surface area contributed by atoms with Crippen molar-refractivity contribution in [2.24, 2.45) is 11.3 Å². The molecule has 0 aromatic heterocycles. The number of sulfone groups is 1. The maximum Gasteiger partial charge on any atom is 0.148 e. The van der Waals surface area contributed by atoms with Crippen LogP contribution in [0.3, 0.4) is 0 Å². The van der Waals surface area contributed by atoms with Crippen LogP contribution in [0.2, 0.25) is 0 Å². The third-order valence-corrected chi connectivity index (χ3v) is 4.77. The average molecular weight is 231 g/mol. The van der Waals surface area contributed by atoms with E-state index >= 15 is 0 Å². The summed E-state index contributed by atoms with van der Waals surface area (Å²) in [6.07, 6.45) is 5.38. The van der Waals surface area contributed by atoms with Gasteiger partial charge in [0.2, 0.25) is 0 Å². The van der Waals surface area contributed by atoms with Crippen LogP contribution in [-0.2, 0) is 9.84 Å². The molecule has 1 saturated carbocycles. The molecule has 1 heterocycles. The fraction of sp³-hybridized carbons (Fsp3) is 1.00. The summed E-state index contributed by atoms with van der Waals surface area (Å²) < 4.78 is 22.0. The van der Waals surface area contributed by atoms with Crippen molar-refractivity contribution in [3.05, 3.63) is 0 Å². The van der Waals surface area contributed by atoms with E-state index < -0.39 is 9.84 Å². The van der Waals surface area contributed by atoms with Crippen molar-refractivity contribution in [1.29, 1.82) is 0 Å². The van der Waals surface area contributed by atoms with Crippen molar-refractivity contribution in [2.75, 3.05) is 31.6 Å². The third kappa shape index (κ3) is 2.72. The first-order chi connectivity index (χ1) is 6.89. The van der Waals surface area contributed by atoms with E-state index in [9.17, 15) is 8.42 Å².